The second-order valence-corrected chi connectivity index (χ2v) is 10.3. The van der Waals surface area contributed by atoms with Crippen LogP contribution in [0.4, 0.5) is 0 Å². The molecule has 4 nitrogen and oxygen atoms in total. The normalized spacial score (nSPS) is 16.2. The summed E-state index contributed by atoms with van der Waals surface area (Å²) in [6, 6.07) is 10.5. The Morgan fingerprint density at radius 2 is 1.94 bits per heavy atom. The van der Waals surface area contributed by atoms with Crippen LogP contribution in [-0.2, 0) is 16.0 Å². The summed E-state index contributed by atoms with van der Waals surface area (Å²) in [7, 11) is 0. The molecular formula is C25H33ClN2O2S. The van der Waals surface area contributed by atoms with E-state index in [1.807, 2.05) is 18.7 Å². The first-order valence-electron chi connectivity index (χ1n) is 11.1. The molecular weight excluding hydrogens is 428 g/mol. The zero-order valence-electron chi connectivity index (χ0n) is 19.0. The third-order valence-corrected chi connectivity index (χ3v) is 7.65. The number of benzene rings is 1. The predicted molar refractivity (Wildman–Crippen MR) is 129 cm³/mol. The summed E-state index contributed by atoms with van der Waals surface area (Å²) in [5, 5.41) is 2.11. The lowest BCUT2D eigenvalue weighted by molar-refractivity contribution is -0.146. The van der Waals surface area contributed by atoms with Gasteiger partial charge >= 0.3 is 0 Å². The number of thiophene rings is 1. The number of aryl methyl sites for hydroxylation is 1. The second kappa shape index (κ2) is 10.2. The molecule has 0 spiro atoms. The van der Waals surface area contributed by atoms with E-state index in [4.69, 9.17) is 11.6 Å². The summed E-state index contributed by atoms with van der Waals surface area (Å²) in [6.07, 6.45) is 2.69. The molecule has 168 valence electrons. The number of hydrogen-bond donors (Lipinski definition) is 0. The Hall–Kier alpha value is -1.85. The van der Waals surface area contributed by atoms with Crippen LogP contribution in [0.5, 0.6) is 0 Å². The highest BCUT2D eigenvalue weighted by atomic mass is 35.5. The van der Waals surface area contributed by atoms with E-state index in [9.17, 15) is 9.59 Å². The molecule has 31 heavy (non-hydrogen) atoms. The van der Waals surface area contributed by atoms with Crippen LogP contribution >= 0.6 is 22.9 Å². The smallest absolute Gasteiger partial charge is 0.242 e. The maximum atomic E-state index is 13.6. The quantitative estimate of drug-likeness (QED) is 0.493. The first-order valence-corrected chi connectivity index (χ1v) is 12.5. The van der Waals surface area contributed by atoms with Crippen LogP contribution in [0.1, 0.15) is 61.2 Å². The van der Waals surface area contributed by atoms with Crippen LogP contribution in [0.2, 0.25) is 0 Å². The van der Waals surface area contributed by atoms with Crippen molar-refractivity contribution in [2.75, 3.05) is 25.5 Å². The first kappa shape index (κ1) is 23.8. The van der Waals surface area contributed by atoms with Crippen molar-refractivity contribution in [2.24, 2.45) is 5.41 Å². The van der Waals surface area contributed by atoms with Crippen molar-refractivity contribution in [3.8, 4) is 0 Å². The van der Waals surface area contributed by atoms with Gasteiger partial charge in [0.05, 0.1) is 18.0 Å². The monoisotopic (exact) mass is 460 g/mol. The van der Waals surface area contributed by atoms with Crippen molar-refractivity contribution in [1.82, 2.24) is 9.80 Å². The fourth-order valence-electron chi connectivity index (χ4n) is 4.03. The van der Waals surface area contributed by atoms with Crippen LogP contribution in [0, 0.1) is 12.3 Å². The van der Waals surface area contributed by atoms with Gasteiger partial charge in [-0.15, -0.1) is 22.9 Å². The maximum absolute atomic E-state index is 13.6. The Morgan fingerprint density at radius 1 is 1.23 bits per heavy atom. The highest BCUT2D eigenvalue weighted by Gasteiger charge is 2.36. The fraction of sp³-hybridized carbons (Fsp3) is 0.520. The highest BCUT2D eigenvalue weighted by Crippen LogP contribution is 2.38. The third kappa shape index (κ3) is 5.32. The van der Waals surface area contributed by atoms with Gasteiger partial charge in [-0.05, 0) is 56.2 Å². The van der Waals surface area contributed by atoms with Crippen molar-refractivity contribution in [2.45, 2.75) is 53.0 Å². The standard InChI is InChI=1S/C25H33ClN2O2S/c1-5-6-13-27(24(30)25(3,4)17-26)16-22(29)28-14-11-21-20(12-15-31-21)23(28)19-9-7-18(2)8-10-19/h7-10,12,15,23H,5-6,11,13-14,16-17H2,1-4H3. The van der Waals surface area contributed by atoms with Crippen molar-refractivity contribution in [1.29, 1.82) is 0 Å². The SMILES string of the molecule is CCCCN(CC(=O)N1CCc2sccc2C1c1ccc(C)cc1)C(=O)C(C)(C)CCl. The van der Waals surface area contributed by atoms with Crippen LogP contribution in [-0.4, -0.2) is 47.1 Å². The summed E-state index contributed by atoms with van der Waals surface area (Å²) >= 11 is 7.83. The van der Waals surface area contributed by atoms with E-state index in [0.29, 0.717) is 13.1 Å². The largest absolute Gasteiger partial charge is 0.333 e. The lowest BCUT2D eigenvalue weighted by atomic mass is 9.92. The molecule has 2 amide bonds. The number of amides is 2. The molecule has 1 atom stereocenters. The van der Waals surface area contributed by atoms with Gasteiger partial charge in [0.25, 0.3) is 0 Å². The van der Waals surface area contributed by atoms with E-state index >= 15 is 0 Å². The van der Waals surface area contributed by atoms with Crippen molar-refractivity contribution in [3.05, 3.63) is 57.3 Å². The van der Waals surface area contributed by atoms with Gasteiger partial charge in [-0.25, -0.2) is 0 Å². The molecule has 2 aromatic rings. The molecule has 1 aromatic heterocycles. The summed E-state index contributed by atoms with van der Waals surface area (Å²) in [5.41, 5.74) is 2.84. The molecule has 6 heteroatoms. The van der Waals surface area contributed by atoms with Crippen molar-refractivity contribution >= 4 is 34.8 Å². The Bertz CT molecular complexity index is 907. The van der Waals surface area contributed by atoms with Gasteiger partial charge < -0.3 is 9.80 Å². The minimum absolute atomic E-state index is 0.00255. The lowest BCUT2D eigenvalue weighted by Crippen LogP contribution is -2.50. The number of unbranched alkanes of at least 4 members (excludes halogenated alkanes) is 1. The first-order chi connectivity index (χ1) is 14.8. The van der Waals surface area contributed by atoms with Crippen LogP contribution in [0.25, 0.3) is 0 Å². The lowest BCUT2D eigenvalue weighted by Gasteiger charge is -2.38. The van der Waals surface area contributed by atoms with E-state index < -0.39 is 5.41 Å². The molecule has 0 N–H and O–H groups in total. The van der Waals surface area contributed by atoms with Gasteiger partial charge in [0.15, 0.2) is 0 Å². The van der Waals surface area contributed by atoms with Gasteiger partial charge in [0, 0.05) is 23.8 Å². The average molecular weight is 461 g/mol. The van der Waals surface area contributed by atoms with E-state index in [1.165, 1.54) is 16.0 Å². The summed E-state index contributed by atoms with van der Waals surface area (Å²) in [4.78, 5) is 31.7. The number of halogens is 1. The number of carbonyl (C=O) groups is 2. The van der Waals surface area contributed by atoms with Gasteiger partial charge in [-0.1, -0.05) is 43.2 Å². The topological polar surface area (TPSA) is 40.6 Å². The molecule has 1 aromatic carbocycles. The van der Waals surface area contributed by atoms with Crippen LogP contribution in [0.15, 0.2) is 35.7 Å². The van der Waals surface area contributed by atoms with Crippen molar-refractivity contribution in [3.63, 3.8) is 0 Å². The number of nitrogens with zero attached hydrogens (tertiary/aromatic N) is 2. The second-order valence-electron chi connectivity index (χ2n) is 9.05. The van der Waals surface area contributed by atoms with Gasteiger partial charge in [0.1, 0.15) is 0 Å². The number of hydrogen-bond acceptors (Lipinski definition) is 3. The van der Waals surface area contributed by atoms with Crippen molar-refractivity contribution < 1.29 is 9.59 Å². The molecule has 0 bridgehead atoms. The molecule has 0 aliphatic carbocycles. The number of rotatable bonds is 8. The zero-order valence-corrected chi connectivity index (χ0v) is 20.6. The number of alkyl halides is 1. The molecule has 1 aliphatic rings. The molecule has 3 rings (SSSR count). The summed E-state index contributed by atoms with van der Waals surface area (Å²) in [6.45, 7) is 9.19. The summed E-state index contributed by atoms with van der Waals surface area (Å²) in [5.74, 6) is 0.179. The molecule has 1 aliphatic heterocycles. The van der Waals surface area contributed by atoms with Gasteiger partial charge in [0.2, 0.25) is 11.8 Å². The highest BCUT2D eigenvalue weighted by molar-refractivity contribution is 7.10. The molecule has 0 saturated heterocycles. The fourth-order valence-corrected chi connectivity index (χ4v) is 5.05. The molecule has 0 saturated carbocycles. The molecule has 2 heterocycles. The predicted octanol–water partition coefficient (Wildman–Crippen LogP) is 5.42. The molecule has 1 unspecified atom stereocenters. The zero-order chi connectivity index (χ0) is 22.6. The Morgan fingerprint density at radius 3 is 2.58 bits per heavy atom. The van der Waals surface area contributed by atoms with E-state index in [-0.39, 0.29) is 30.3 Å². The average Bonchev–Trinajstić information content (AvgIpc) is 3.24. The van der Waals surface area contributed by atoms with E-state index in [1.54, 1.807) is 16.2 Å². The van der Waals surface area contributed by atoms with E-state index in [2.05, 4.69) is 49.6 Å². The van der Waals surface area contributed by atoms with Crippen LogP contribution in [0.3, 0.4) is 0 Å². The maximum Gasteiger partial charge on any atom is 0.242 e. The van der Waals surface area contributed by atoms with Crippen LogP contribution < -0.4 is 0 Å². The number of fused-ring (bicyclic) bond motifs is 1. The Kier molecular flexibility index (Phi) is 7.82. The minimum Gasteiger partial charge on any atom is -0.333 e. The van der Waals surface area contributed by atoms with Gasteiger partial charge in [-0.3, -0.25) is 9.59 Å². The Balaban J connectivity index is 1.88. The number of carbonyl (C=O) groups excluding carboxylic acids is 2. The third-order valence-electron chi connectivity index (χ3n) is 5.99. The molecule has 0 radical (unpaired) electrons. The van der Waals surface area contributed by atoms with Gasteiger partial charge in [-0.2, -0.15) is 0 Å². The summed E-state index contributed by atoms with van der Waals surface area (Å²) < 4.78 is 0. The van der Waals surface area contributed by atoms with E-state index in [0.717, 1.165) is 24.8 Å². The minimum atomic E-state index is -0.686. The molecule has 0 fully saturated rings. The Labute approximate surface area is 195 Å².